The number of benzene rings is 3. The Kier molecular flexibility index (Phi) is 14.2. The normalized spacial score (nSPS) is 13.1. The molecule has 0 aliphatic carbocycles. The molecule has 0 saturated heterocycles. The Morgan fingerprint density at radius 1 is 0.818 bits per heavy atom. The highest BCUT2D eigenvalue weighted by Gasteiger charge is 2.23. The summed E-state index contributed by atoms with van der Waals surface area (Å²) < 4.78 is 73.4. The van der Waals surface area contributed by atoms with Crippen molar-refractivity contribution in [1.82, 2.24) is 15.0 Å². The fraction of sp³-hybridized carbons (Fsp3) is 0.154. The zero-order chi connectivity index (χ0) is 40.7. The molecule has 0 spiro atoms. The number of aromatic nitrogens is 3. The van der Waals surface area contributed by atoms with Crippen LogP contribution in [0.1, 0.15) is 0 Å². The quantitative estimate of drug-likeness (QED) is 0.0171. The first kappa shape index (κ1) is 42.9. The molecule has 0 saturated carbocycles. The largest absolute Gasteiger partial charge is 0.480 e. The molecule has 1 aromatic heterocycles. The third-order valence-electron chi connectivity index (χ3n) is 6.47. The highest BCUT2D eigenvalue weighted by molar-refractivity contribution is 7.99. The van der Waals surface area contributed by atoms with Crippen LogP contribution in [0.25, 0.3) is 10.8 Å². The van der Waals surface area contributed by atoms with Crippen LogP contribution in [-0.4, -0.2) is 97.9 Å². The van der Waals surface area contributed by atoms with E-state index in [1.165, 1.54) is 24.3 Å². The molecule has 0 aliphatic rings. The number of hydrogen-bond acceptors (Lipinski definition) is 21. The number of anilines is 3. The third-order valence-corrected chi connectivity index (χ3v) is 10.7. The van der Waals surface area contributed by atoms with Crippen LogP contribution >= 0.6 is 35.6 Å². The molecule has 29 heteroatoms. The Hall–Kier alpha value is -4.79. The molecule has 24 nitrogen and oxygen atoms in total. The number of carbonyl (C=O) groups is 3. The molecule has 294 valence electrons. The van der Waals surface area contributed by atoms with E-state index in [4.69, 9.17) is 32.7 Å². The third kappa shape index (κ3) is 12.1. The van der Waals surface area contributed by atoms with Crippen molar-refractivity contribution < 1.29 is 65.2 Å². The average Bonchev–Trinajstić information content (AvgIpc) is 3.09. The van der Waals surface area contributed by atoms with Crippen molar-refractivity contribution in [3.05, 3.63) is 42.5 Å². The minimum absolute atomic E-state index is 0.00571. The number of carboxylic acid groups (broad SMARTS) is 2. The van der Waals surface area contributed by atoms with Gasteiger partial charge in [-0.05, 0) is 47.9 Å². The minimum atomic E-state index is -5.07. The Morgan fingerprint density at radius 2 is 1.40 bits per heavy atom. The summed E-state index contributed by atoms with van der Waals surface area (Å²) in [7, 11) is -10.1. The topological polar surface area (TPSA) is 405 Å². The van der Waals surface area contributed by atoms with Crippen molar-refractivity contribution in [3.63, 3.8) is 0 Å². The Balaban J connectivity index is 1.76. The molecule has 2 amide bonds. The van der Waals surface area contributed by atoms with E-state index >= 15 is 0 Å². The van der Waals surface area contributed by atoms with E-state index in [9.17, 15) is 40.3 Å². The summed E-state index contributed by atoms with van der Waals surface area (Å²) in [6.45, 7) is 0. The number of primary amides is 1. The van der Waals surface area contributed by atoms with Gasteiger partial charge in [-0.25, -0.2) is 10.1 Å². The molecule has 55 heavy (non-hydrogen) atoms. The van der Waals surface area contributed by atoms with Gasteiger partial charge in [-0.1, -0.05) is 28.6 Å². The van der Waals surface area contributed by atoms with Crippen LogP contribution in [0.15, 0.2) is 77.7 Å². The summed E-state index contributed by atoms with van der Waals surface area (Å²) in [5.74, 6) is -2.98. The molecule has 0 bridgehead atoms. The van der Waals surface area contributed by atoms with E-state index in [0.717, 1.165) is 41.7 Å². The van der Waals surface area contributed by atoms with Gasteiger partial charge in [-0.15, -0.1) is 14.6 Å². The molecule has 13 N–H and O–H groups in total. The lowest BCUT2D eigenvalue weighted by Crippen LogP contribution is -2.32. The number of hydrogen-bond donors (Lipinski definition) is 10. The van der Waals surface area contributed by atoms with Crippen LogP contribution in [0.3, 0.4) is 0 Å². The van der Waals surface area contributed by atoms with Crippen LogP contribution in [-0.2, 0) is 39.2 Å². The number of nitrogens with two attached hydrogens (primary N) is 3. The van der Waals surface area contributed by atoms with E-state index in [1.54, 1.807) is 0 Å². The summed E-state index contributed by atoms with van der Waals surface area (Å²) in [6, 6.07) is 4.05. The van der Waals surface area contributed by atoms with E-state index in [1.807, 2.05) is 0 Å². The summed E-state index contributed by atoms with van der Waals surface area (Å²) in [6.07, 6.45) is 0. The number of aliphatic carboxylic acids is 2. The highest BCUT2D eigenvalue weighted by Crippen LogP contribution is 2.38. The molecule has 2 atom stereocenters. The molecule has 4 aromatic rings. The van der Waals surface area contributed by atoms with E-state index in [-0.39, 0.29) is 60.5 Å². The number of nitrogens with zero attached hydrogens (tertiary/aromatic N) is 5. The summed E-state index contributed by atoms with van der Waals surface area (Å²) in [5, 5.41) is 42.7. The number of rotatable bonds is 18. The average molecular weight is 863 g/mol. The number of nitrogens with one attached hydrogen (secondary N) is 2. The number of thioether (sulfide) groups is 2. The van der Waals surface area contributed by atoms with Gasteiger partial charge in [0, 0.05) is 27.5 Å². The molecular formula is C26H26N10O14S5. The molecule has 0 aliphatic heterocycles. The van der Waals surface area contributed by atoms with Gasteiger partial charge in [0.15, 0.2) is 10.3 Å². The summed E-state index contributed by atoms with van der Waals surface area (Å²) >= 11 is 2.03. The fourth-order valence-electron chi connectivity index (χ4n) is 4.08. The number of urea groups is 1. The maximum atomic E-state index is 12.4. The first-order chi connectivity index (χ1) is 25.7. The number of azo groups is 1. The Morgan fingerprint density at radius 3 is 1.93 bits per heavy atom. The Bertz CT molecular complexity index is 2350. The molecule has 0 fully saturated rings. The minimum Gasteiger partial charge on any atom is -0.480 e. The van der Waals surface area contributed by atoms with Crippen molar-refractivity contribution in [2.24, 2.45) is 27.4 Å². The van der Waals surface area contributed by atoms with Crippen molar-refractivity contribution in [2.45, 2.75) is 37.1 Å². The first-order valence-electron chi connectivity index (χ1n) is 14.3. The van der Waals surface area contributed by atoms with Gasteiger partial charge >= 0.3 is 18.0 Å². The van der Waals surface area contributed by atoms with Gasteiger partial charge in [-0.2, -0.15) is 31.8 Å². The lowest BCUT2D eigenvalue weighted by molar-refractivity contribution is -0.432. The van der Waals surface area contributed by atoms with Crippen LogP contribution < -0.4 is 27.8 Å². The second-order valence-electron chi connectivity index (χ2n) is 10.4. The van der Waals surface area contributed by atoms with E-state index in [0.29, 0.717) is 12.0 Å². The molecule has 0 radical (unpaired) electrons. The zero-order valence-electron chi connectivity index (χ0n) is 27.0. The van der Waals surface area contributed by atoms with Gasteiger partial charge in [0.1, 0.15) is 33.2 Å². The van der Waals surface area contributed by atoms with Gasteiger partial charge in [0.2, 0.25) is 5.95 Å². The monoisotopic (exact) mass is 862 g/mol. The lowest BCUT2D eigenvalue weighted by atomic mass is 10.1. The maximum Gasteiger partial charge on any atom is 0.321 e. The van der Waals surface area contributed by atoms with Crippen molar-refractivity contribution in [1.29, 1.82) is 0 Å². The number of fused-ring (bicyclic) bond motifs is 1. The van der Waals surface area contributed by atoms with E-state index < -0.39 is 65.8 Å². The van der Waals surface area contributed by atoms with Crippen molar-refractivity contribution >= 4 is 113 Å². The van der Waals surface area contributed by atoms with Crippen LogP contribution in [0.5, 0.6) is 0 Å². The van der Waals surface area contributed by atoms with Crippen molar-refractivity contribution in [3.8, 4) is 0 Å². The predicted octanol–water partition coefficient (Wildman–Crippen LogP) is 2.60. The number of carbonyl (C=O) groups excluding carboxylic acids is 1. The molecule has 2 unspecified atom stereocenters. The maximum absolute atomic E-state index is 12.4. The van der Waals surface area contributed by atoms with Gasteiger partial charge in [-0.3, -0.25) is 18.7 Å². The molecular weight excluding hydrogens is 837 g/mol. The van der Waals surface area contributed by atoms with Crippen LogP contribution in [0.2, 0.25) is 0 Å². The molecule has 4 rings (SSSR count). The smallest absolute Gasteiger partial charge is 0.321 e. The van der Waals surface area contributed by atoms with Gasteiger partial charge < -0.3 is 38.0 Å². The van der Waals surface area contributed by atoms with Crippen molar-refractivity contribution in [2.75, 3.05) is 22.1 Å². The summed E-state index contributed by atoms with van der Waals surface area (Å²) in [5.41, 5.74) is 15.7. The number of amides is 2. The van der Waals surface area contributed by atoms with Gasteiger partial charge in [0.05, 0.1) is 17.7 Å². The molecule has 3 aromatic carbocycles. The second kappa shape index (κ2) is 18.2. The number of carboxylic acids is 2. The SMILES string of the molecule is NC(=O)Nc1cc(Nc2nc(SCC(N)C(=O)O)nc(SCC(N)C(=O)O)n2)ccc1/N=N/c1cc2c(S(=O)(=O)O)cc(SOOO)cc2cc1S(=O)(=O)O. The molecule has 1 heterocycles. The zero-order valence-corrected chi connectivity index (χ0v) is 31.1. The van der Waals surface area contributed by atoms with Crippen LogP contribution in [0, 0.1) is 0 Å². The standard InChI is InChI=1S/C26H26N10O14S5/c27-14(21(37)38)8-51-25-32-24(33-26(34-25)52-9-15(28)22(39)40)30-11-1-2-16(17(5-11)31-23(29)41)35-36-18-7-13-10(4-20(18)55(46,47)48)3-12(53-50-49-42)6-19(13)54(43,44)45/h1-7,14-15,42H,8-9,27-28H2,(H,37,38)(H,39,40)(H3,29,31,41)(H,43,44,45)(H,46,47,48)(H,30,32,33,34)/b36-35+. The fourth-order valence-corrected chi connectivity index (χ4v) is 7.58. The predicted molar refractivity (Wildman–Crippen MR) is 194 cm³/mol. The lowest BCUT2D eigenvalue weighted by Gasteiger charge is -2.12. The summed E-state index contributed by atoms with van der Waals surface area (Å²) in [4.78, 5) is 45.2. The van der Waals surface area contributed by atoms with Gasteiger partial charge in [0.25, 0.3) is 20.2 Å². The highest BCUT2D eigenvalue weighted by atomic mass is 32.2. The first-order valence-corrected chi connectivity index (χ1v) is 19.9. The second-order valence-corrected chi connectivity index (χ2v) is 15.9. The van der Waals surface area contributed by atoms with Crippen LogP contribution in [0.4, 0.5) is 33.5 Å². The Labute approximate surface area is 321 Å². The van der Waals surface area contributed by atoms with E-state index in [2.05, 4.69) is 45.2 Å².